The summed E-state index contributed by atoms with van der Waals surface area (Å²) >= 11 is 0. The summed E-state index contributed by atoms with van der Waals surface area (Å²) in [5, 5.41) is 20.7. The first-order valence-corrected chi connectivity index (χ1v) is 7.23. The Bertz CT molecular complexity index is 763. The molecule has 0 aliphatic heterocycles. The van der Waals surface area contributed by atoms with E-state index in [1.165, 1.54) is 0 Å². The number of esters is 1. The van der Waals surface area contributed by atoms with Gasteiger partial charge in [-0.25, -0.2) is 9.59 Å². The van der Waals surface area contributed by atoms with Crippen LogP contribution in [0.4, 0.5) is 0 Å². The molecule has 2 N–H and O–H groups in total. The van der Waals surface area contributed by atoms with Crippen LogP contribution in [0.2, 0.25) is 0 Å². The molecule has 0 heterocycles. The predicted octanol–water partition coefficient (Wildman–Crippen LogP) is 3.21. The molecule has 0 saturated carbocycles. The van der Waals surface area contributed by atoms with Gasteiger partial charge in [0.1, 0.15) is 22.6 Å². The van der Waals surface area contributed by atoms with Gasteiger partial charge in [0.15, 0.2) is 0 Å². The Morgan fingerprint density at radius 3 is 2.26 bits per heavy atom. The molecule has 0 bridgehead atoms. The fourth-order valence-corrected chi connectivity index (χ4v) is 2.35. The number of carboxylic acids is 1. The average Bonchev–Trinajstić information content (AvgIpc) is 2.49. The topological polar surface area (TPSA) is 93.1 Å². The minimum absolute atomic E-state index is 0.0453. The molecule has 2 rings (SSSR count). The summed E-state index contributed by atoms with van der Waals surface area (Å²) in [7, 11) is 0. The van der Waals surface area contributed by atoms with Gasteiger partial charge in [0.25, 0.3) is 0 Å². The van der Waals surface area contributed by atoms with Gasteiger partial charge < -0.3 is 19.7 Å². The standard InChI is InChI=1S/C17H18O6/c1-4-22-17(21)12-13(16(19)20)15(23-9(2)3)11-8-6-5-7-10(11)14(12)18/h5-9,18H,4H2,1-3H3,(H,19,20). The van der Waals surface area contributed by atoms with Crippen molar-refractivity contribution in [2.24, 2.45) is 0 Å². The maximum absolute atomic E-state index is 12.2. The van der Waals surface area contributed by atoms with E-state index in [1.54, 1.807) is 45.0 Å². The molecule has 0 unspecified atom stereocenters. The molecular formula is C17H18O6. The number of fused-ring (bicyclic) bond motifs is 1. The highest BCUT2D eigenvalue weighted by molar-refractivity contribution is 6.14. The Morgan fingerprint density at radius 1 is 1.13 bits per heavy atom. The fourth-order valence-electron chi connectivity index (χ4n) is 2.35. The molecule has 0 spiro atoms. The first-order chi connectivity index (χ1) is 10.9. The summed E-state index contributed by atoms with van der Waals surface area (Å²) in [4.78, 5) is 23.9. The van der Waals surface area contributed by atoms with Crippen molar-refractivity contribution in [1.29, 1.82) is 0 Å². The lowest BCUT2D eigenvalue weighted by molar-refractivity contribution is 0.0509. The molecule has 6 heteroatoms. The number of phenols is 1. The predicted molar refractivity (Wildman–Crippen MR) is 84.3 cm³/mol. The summed E-state index contributed by atoms with van der Waals surface area (Å²) < 4.78 is 10.5. The Labute approximate surface area is 133 Å². The molecule has 0 radical (unpaired) electrons. The number of phenolic OH excluding ortho intramolecular Hbond substituents is 1. The van der Waals surface area contributed by atoms with E-state index in [0.29, 0.717) is 10.8 Å². The van der Waals surface area contributed by atoms with Gasteiger partial charge in [-0.3, -0.25) is 0 Å². The SMILES string of the molecule is CCOC(=O)c1c(C(=O)O)c(OC(C)C)c2ccccc2c1O. The lowest BCUT2D eigenvalue weighted by atomic mass is 9.97. The van der Waals surface area contributed by atoms with Crippen LogP contribution in [0.3, 0.4) is 0 Å². The Morgan fingerprint density at radius 2 is 1.74 bits per heavy atom. The molecule has 122 valence electrons. The molecule has 0 aromatic heterocycles. The van der Waals surface area contributed by atoms with Crippen LogP contribution in [0.25, 0.3) is 10.8 Å². The fraction of sp³-hybridized carbons (Fsp3) is 0.294. The van der Waals surface area contributed by atoms with E-state index in [2.05, 4.69) is 0 Å². The number of carbonyl (C=O) groups excluding carboxylic acids is 1. The van der Waals surface area contributed by atoms with Gasteiger partial charge in [0.05, 0.1) is 12.7 Å². The zero-order chi connectivity index (χ0) is 17.1. The maximum atomic E-state index is 12.2. The second-order valence-corrected chi connectivity index (χ2v) is 5.17. The van der Waals surface area contributed by atoms with Gasteiger partial charge in [-0.05, 0) is 20.8 Å². The van der Waals surface area contributed by atoms with Gasteiger partial charge in [-0.2, -0.15) is 0 Å². The largest absolute Gasteiger partial charge is 0.506 e. The first kappa shape index (κ1) is 16.6. The third kappa shape index (κ3) is 3.06. The minimum atomic E-state index is -1.37. The number of hydrogen-bond acceptors (Lipinski definition) is 5. The highest BCUT2D eigenvalue weighted by Crippen LogP contribution is 2.41. The Kier molecular flexibility index (Phi) is 4.74. The average molecular weight is 318 g/mol. The summed E-state index contributed by atoms with van der Waals surface area (Å²) in [6, 6.07) is 6.60. The van der Waals surface area contributed by atoms with Crippen LogP contribution in [0, 0.1) is 0 Å². The van der Waals surface area contributed by atoms with Crippen LogP contribution in [0.1, 0.15) is 41.5 Å². The van der Waals surface area contributed by atoms with E-state index in [0.717, 1.165) is 0 Å². The van der Waals surface area contributed by atoms with E-state index < -0.39 is 28.8 Å². The number of benzene rings is 2. The van der Waals surface area contributed by atoms with Crippen molar-refractivity contribution in [1.82, 2.24) is 0 Å². The second-order valence-electron chi connectivity index (χ2n) is 5.17. The monoisotopic (exact) mass is 318 g/mol. The van der Waals surface area contributed by atoms with Crippen LogP contribution >= 0.6 is 0 Å². The zero-order valence-corrected chi connectivity index (χ0v) is 13.1. The molecule has 0 saturated heterocycles. The number of carbonyl (C=O) groups is 2. The van der Waals surface area contributed by atoms with Gasteiger partial charge in [-0.1, -0.05) is 24.3 Å². The molecule has 2 aromatic carbocycles. The van der Waals surface area contributed by atoms with Crippen molar-refractivity contribution >= 4 is 22.7 Å². The number of carboxylic acid groups (broad SMARTS) is 1. The van der Waals surface area contributed by atoms with E-state index in [4.69, 9.17) is 9.47 Å². The van der Waals surface area contributed by atoms with Crippen LogP contribution in [-0.2, 0) is 4.74 Å². The van der Waals surface area contributed by atoms with E-state index >= 15 is 0 Å². The molecule has 0 fully saturated rings. The maximum Gasteiger partial charge on any atom is 0.342 e. The molecule has 2 aromatic rings. The summed E-state index contributed by atoms with van der Waals surface area (Å²) in [6.07, 6.45) is -0.309. The van der Waals surface area contributed by atoms with Gasteiger partial charge >= 0.3 is 11.9 Å². The molecule has 0 amide bonds. The summed E-state index contributed by atoms with van der Waals surface area (Å²) in [6.45, 7) is 5.15. The van der Waals surface area contributed by atoms with Crippen molar-refractivity contribution in [2.75, 3.05) is 6.61 Å². The normalized spacial score (nSPS) is 10.8. The highest BCUT2D eigenvalue weighted by Gasteiger charge is 2.30. The van der Waals surface area contributed by atoms with Crippen LogP contribution in [0.5, 0.6) is 11.5 Å². The quantitative estimate of drug-likeness (QED) is 0.822. The molecule has 23 heavy (non-hydrogen) atoms. The summed E-state index contributed by atoms with van der Waals surface area (Å²) in [5.41, 5.74) is -0.790. The Balaban J connectivity index is 2.92. The second kappa shape index (κ2) is 6.56. The number of hydrogen-bond donors (Lipinski definition) is 2. The molecule has 0 atom stereocenters. The lowest BCUT2D eigenvalue weighted by Crippen LogP contribution is -2.16. The van der Waals surface area contributed by atoms with Crippen molar-refractivity contribution < 1.29 is 29.3 Å². The van der Waals surface area contributed by atoms with Crippen molar-refractivity contribution in [3.63, 3.8) is 0 Å². The minimum Gasteiger partial charge on any atom is -0.506 e. The van der Waals surface area contributed by atoms with E-state index in [9.17, 15) is 19.8 Å². The van der Waals surface area contributed by atoms with Gasteiger partial charge in [0.2, 0.25) is 0 Å². The third-order valence-electron chi connectivity index (χ3n) is 3.19. The lowest BCUT2D eigenvalue weighted by Gasteiger charge is -2.19. The molecule has 6 nitrogen and oxygen atoms in total. The highest BCUT2D eigenvalue weighted by atomic mass is 16.5. The van der Waals surface area contributed by atoms with Crippen molar-refractivity contribution in [3.05, 3.63) is 35.4 Å². The van der Waals surface area contributed by atoms with Crippen molar-refractivity contribution in [2.45, 2.75) is 26.9 Å². The van der Waals surface area contributed by atoms with Crippen LogP contribution in [-0.4, -0.2) is 34.9 Å². The number of rotatable bonds is 5. The smallest absolute Gasteiger partial charge is 0.342 e. The van der Waals surface area contributed by atoms with E-state index in [1.807, 2.05) is 0 Å². The summed E-state index contributed by atoms with van der Waals surface area (Å²) in [5.74, 6) is -2.65. The third-order valence-corrected chi connectivity index (χ3v) is 3.19. The molecule has 0 aliphatic rings. The Hall–Kier alpha value is -2.76. The molecular weight excluding hydrogens is 300 g/mol. The number of aromatic carboxylic acids is 1. The first-order valence-electron chi connectivity index (χ1n) is 7.23. The number of aromatic hydroxyl groups is 1. The zero-order valence-electron chi connectivity index (χ0n) is 13.1. The van der Waals surface area contributed by atoms with E-state index in [-0.39, 0.29) is 18.5 Å². The van der Waals surface area contributed by atoms with Gasteiger partial charge in [-0.15, -0.1) is 0 Å². The number of ether oxygens (including phenoxy) is 2. The molecule has 0 aliphatic carbocycles. The van der Waals surface area contributed by atoms with Crippen LogP contribution in [0.15, 0.2) is 24.3 Å². The van der Waals surface area contributed by atoms with Crippen molar-refractivity contribution in [3.8, 4) is 11.5 Å². The van der Waals surface area contributed by atoms with Crippen LogP contribution < -0.4 is 4.74 Å². The van der Waals surface area contributed by atoms with Gasteiger partial charge in [0, 0.05) is 10.8 Å².